The average Bonchev–Trinajstić information content (AvgIpc) is 3.20. The van der Waals surface area contributed by atoms with Crippen molar-refractivity contribution in [2.45, 2.75) is 39.7 Å². The second-order valence-electron chi connectivity index (χ2n) is 11.5. The molecule has 0 aromatic carbocycles. The van der Waals surface area contributed by atoms with Gasteiger partial charge in [-0.1, -0.05) is 5.11 Å². The summed E-state index contributed by atoms with van der Waals surface area (Å²) < 4.78 is 82.9. The van der Waals surface area contributed by atoms with Crippen molar-refractivity contribution in [3.8, 4) is 0 Å². The summed E-state index contributed by atoms with van der Waals surface area (Å²) in [5, 5.41) is 6.28. The topological polar surface area (TPSA) is 216 Å². The summed E-state index contributed by atoms with van der Waals surface area (Å²) in [6, 6.07) is 0.664. The SMILES string of the molecule is CCO[Si](CCCNC(=O)CCOCCOCCOCCOCCOCCOCCOCCOCCOCCOCCOCCOCCN=[N+]=[N-])(OCC)OCC. The van der Waals surface area contributed by atoms with Crippen LogP contribution in [-0.2, 0) is 74.9 Å². The minimum atomic E-state index is -2.67. The number of azide groups is 1. The van der Waals surface area contributed by atoms with Gasteiger partial charge in [-0.2, -0.15) is 0 Å². The lowest BCUT2D eigenvalue weighted by Gasteiger charge is -2.28. The van der Waals surface area contributed by atoms with Crippen molar-refractivity contribution >= 4 is 14.7 Å². The Morgan fingerprint density at radius 1 is 0.474 bits per heavy atom. The van der Waals surface area contributed by atoms with Crippen LogP contribution >= 0.6 is 0 Å². The highest BCUT2D eigenvalue weighted by Gasteiger charge is 2.39. The Balaban J connectivity index is 3.24. The second-order valence-corrected chi connectivity index (χ2v) is 14.2. The van der Waals surface area contributed by atoms with Crippen LogP contribution in [0.3, 0.4) is 0 Å². The van der Waals surface area contributed by atoms with Gasteiger partial charge in [0.1, 0.15) is 0 Å². The van der Waals surface area contributed by atoms with Gasteiger partial charge in [-0.25, -0.2) is 0 Å². The molecule has 0 rings (SSSR count). The number of carbonyl (C=O) groups excluding carboxylic acids is 1. The van der Waals surface area contributed by atoms with Crippen molar-refractivity contribution in [2.24, 2.45) is 5.11 Å². The maximum absolute atomic E-state index is 12.1. The first-order valence-electron chi connectivity index (χ1n) is 20.3. The van der Waals surface area contributed by atoms with Crippen LogP contribution < -0.4 is 5.32 Å². The zero-order valence-electron chi connectivity index (χ0n) is 35.0. The zero-order valence-corrected chi connectivity index (χ0v) is 36.0. The lowest BCUT2D eigenvalue weighted by atomic mass is 10.4. The highest BCUT2D eigenvalue weighted by atomic mass is 28.4. The predicted molar refractivity (Wildman–Crippen MR) is 212 cm³/mol. The van der Waals surface area contributed by atoms with E-state index in [9.17, 15) is 4.79 Å². The summed E-state index contributed by atoms with van der Waals surface area (Å²) in [5.74, 6) is -0.0561. The van der Waals surface area contributed by atoms with Crippen LogP contribution in [-0.4, -0.2) is 206 Å². The average molecular weight is 847 g/mol. The normalized spacial score (nSPS) is 11.6. The molecule has 21 heteroatoms. The summed E-state index contributed by atoms with van der Waals surface area (Å²) in [7, 11) is -2.67. The molecule has 0 radical (unpaired) electrons. The number of rotatable bonds is 49. The van der Waals surface area contributed by atoms with Gasteiger partial charge < -0.3 is 75.4 Å². The van der Waals surface area contributed by atoms with Gasteiger partial charge in [-0.05, 0) is 32.7 Å². The first kappa shape index (κ1) is 55.4. The molecular formula is C36H74N4O16Si. The van der Waals surface area contributed by atoms with Crippen LogP contribution in [0.25, 0.3) is 10.4 Å². The van der Waals surface area contributed by atoms with Crippen LogP contribution in [0.15, 0.2) is 5.11 Å². The minimum absolute atomic E-state index is 0.0561. The number of hydrogen-bond donors (Lipinski definition) is 1. The summed E-state index contributed by atoms with van der Waals surface area (Å²) >= 11 is 0. The van der Waals surface area contributed by atoms with Crippen molar-refractivity contribution in [2.75, 3.05) is 191 Å². The fraction of sp³-hybridized carbons (Fsp3) is 0.972. The highest BCUT2D eigenvalue weighted by molar-refractivity contribution is 6.60. The number of carbonyl (C=O) groups is 1. The van der Waals surface area contributed by atoms with E-state index in [0.29, 0.717) is 204 Å². The Kier molecular flexibility index (Phi) is 45.8. The highest BCUT2D eigenvalue weighted by Crippen LogP contribution is 2.17. The molecule has 0 heterocycles. The van der Waals surface area contributed by atoms with Gasteiger partial charge in [0, 0.05) is 50.3 Å². The standard InChI is InChI=1S/C36H74N4O16Si/c1-4-54-57(55-5-2,56-6-3)35-7-9-38-36(41)8-11-42-13-15-44-17-19-46-21-23-48-25-27-50-29-31-52-33-34-53-32-30-51-28-26-49-24-22-47-20-18-45-16-14-43-12-10-39-40-37/h4-35H2,1-3H3,(H,38,41). The summed E-state index contributed by atoms with van der Waals surface area (Å²) in [4.78, 5) is 14.7. The summed E-state index contributed by atoms with van der Waals surface area (Å²) in [5.41, 5.74) is 8.15. The van der Waals surface area contributed by atoms with Gasteiger partial charge in [0.25, 0.3) is 0 Å². The van der Waals surface area contributed by atoms with Crippen LogP contribution in [0.4, 0.5) is 0 Å². The Morgan fingerprint density at radius 3 is 1.04 bits per heavy atom. The summed E-state index contributed by atoms with van der Waals surface area (Å²) in [6.45, 7) is 19.4. The molecule has 0 spiro atoms. The molecule has 1 N–H and O–H groups in total. The Labute approximate surface area is 341 Å². The van der Waals surface area contributed by atoms with E-state index in [4.69, 9.17) is 75.7 Å². The van der Waals surface area contributed by atoms with E-state index in [2.05, 4.69) is 15.3 Å². The molecule has 0 bridgehead atoms. The first-order chi connectivity index (χ1) is 28.1. The molecule has 0 saturated carbocycles. The van der Waals surface area contributed by atoms with E-state index >= 15 is 0 Å². The lowest BCUT2D eigenvalue weighted by molar-refractivity contribution is -0.122. The molecule has 0 unspecified atom stereocenters. The van der Waals surface area contributed by atoms with E-state index in [0.717, 1.165) is 6.42 Å². The van der Waals surface area contributed by atoms with E-state index in [1.54, 1.807) is 0 Å². The molecule has 0 aliphatic rings. The minimum Gasteiger partial charge on any atom is -0.379 e. The van der Waals surface area contributed by atoms with Crippen LogP contribution in [0.5, 0.6) is 0 Å². The molecular weight excluding hydrogens is 772 g/mol. The van der Waals surface area contributed by atoms with Crippen LogP contribution in [0, 0.1) is 0 Å². The van der Waals surface area contributed by atoms with E-state index in [1.807, 2.05) is 20.8 Å². The second kappa shape index (κ2) is 47.1. The number of ether oxygens (including phenoxy) is 12. The molecule has 0 aromatic heterocycles. The zero-order chi connectivity index (χ0) is 41.4. The number of hydrogen-bond acceptors (Lipinski definition) is 17. The Hall–Kier alpha value is -1.60. The van der Waals surface area contributed by atoms with Gasteiger partial charge in [-0.3, -0.25) is 4.79 Å². The number of nitrogens with zero attached hydrogens (tertiary/aromatic N) is 3. The quantitative estimate of drug-likeness (QED) is 0.0306. The maximum atomic E-state index is 12.1. The van der Waals surface area contributed by atoms with Gasteiger partial charge in [0.15, 0.2) is 0 Å². The van der Waals surface area contributed by atoms with Crippen molar-refractivity contribution in [1.82, 2.24) is 5.32 Å². The largest absolute Gasteiger partial charge is 0.500 e. The number of amides is 1. The third-order valence-electron chi connectivity index (χ3n) is 7.04. The molecule has 20 nitrogen and oxygen atoms in total. The molecule has 0 aliphatic heterocycles. The molecule has 1 amide bonds. The van der Waals surface area contributed by atoms with Gasteiger partial charge >= 0.3 is 8.80 Å². The van der Waals surface area contributed by atoms with E-state index in [1.165, 1.54) is 0 Å². The van der Waals surface area contributed by atoms with E-state index in [-0.39, 0.29) is 5.91 Å². The van der Waals surface area contributed by atoms with E-state index < -0.39 is 8.80 Å². The fourth-order valence-electron chi connectivity index (χ4n) is 4.46. The van der Waals surface area contributed by atoms with Crippen molar-refractivity contribution in [1.29, 1.82) is 0 Å². The Bertz CT molecular complexity index is 869. The molecule has 0 fully saturated rings. The third-order valence-corrected chi connectivity index (χ3v) is 10.2. The smallest absolute Gasteiger partial charge is 0.379 e. The fourth-order valence-corrected chi connectivity index (χ4v) is 7.07. The van der Waals surface area contributed by atoms with Crippen LogP contribution in [0.1, 0.15) is 33.6 Å². The first-order valence-corrected chi connectivity index (χ1v) is 22.2. The molecule has 338 valence electrons. The van der Waals surface area contributed by atoms with Gasteiger partial charge in [-0.15, -0.1) is 0 Å². The Morgan fingerprint density at radius 2 is 0.754 bits per heavy atom. The van der Waals surface area contributed by atoms with Crippen molar-refractivity contribution < 1.29 is 74.9 Å². The van der Waals surface area contributed by atoms with Gasteiger partial charge in [0.05, 0.1) is 159 Å². The lowest BCUT2D eigenvalue weighted by Crippen LogP contribution is -2.46. The third kappa shape index (κ3) is 42.3. The monoisotopic (exact) mass is 846 g/mol. The van der Waals surface area contributed by atoms with Crippen molar-refractivity contribution in [3.05, 3.63) is 10.4 Å². The molecule has 0 saturated heterocycles. The maximum Gasteiger partial charge on any atom is 0.500 e. The number of nitrogens with one attached hydrogen (secondary N) is 1. The predicted octanol–water partition coefficient (Wildman–Crippen LogP) is 2.44. The van der Waals surface area contributed by atoms with Crippen LogP contribution in [0.2, 0.25) is 6.04 Å². The van der Waals surface area contributed by atoms with Crippen molar-refractivity contribution in [3.63, 3.8) is 0 Å². The molecule has 0 aliphatic carbocycles. The molecule has 57 heavy (non-hydrogen) atoms. The molecule has 0 aromatic rings. The van der Waals surface area contributed by atoms with Gasteiger partial charge in [0.2, 0.25) is 5.91 Å². The summed E-state index contributed by atoms with van der Waals surface area (Å²) in [6.07, 6.45) is 1.02. The molecule has 0 atom stereocenters.